The largest absolute Gasteiger partial charge is 0.496 e. The molecular formula is C24H22N2O4. The van der Waals surface area contributed by atoms with Crippen LogP contribution in [0, 0.1) is 11.3 Å². The summed E-state index contributed by atoms with van der Waals surface area (Å²) in [5.74, 6) is 1.43. The van der Waals surface area contributed by atoms with E-state index in [-0.39, 0.29) is 12.5 Å². The number of nitriles is 1. The number of hydrogen-bond acceptors (Lipinski definition) is 5. The molecular weight excluding hydrogens is 380 g/mol. The number of benzene rings is 3. The number of nitrogens with one attached hydrogen (secondary N) is 1. The van der Waals surface area contributed by atoms with E-state index in [1.807, 2.05) is 24.3 Å². The van der Waals surface area contributed by atoms with Crippen LogP contribution in [0.15, 0.2) is 60.7 Å². The summed E-state index contributed by atoms with van der Waals surface area (Å²) >= 11 is 0. The molecule has 0 aliphatic carbocycles. The van der Waals surface area contributed by atoms with Crippen molar-refractivity contribution in [1.29, 1.82) is 5.26 Å². The molecule has 0 fully saturated rings. The van der Waals surface area contributed by atoms with E-state index in [0.29, 0.717) is 45.1 Å². The predicted octanol–water partition coefficient (Wildman–Crippen LogP) is 4.18. The van der Waals surface area contributed by atoms with E-state index in [2.05, 4.69) is 11.4 Å². The van der Waals surface area contributed by atoms with Crippen molar-refractivity contribution in [2.45, 2.75) is 6.54 Å². The molecule has 3 aromatic carbocycles. The molecule has 0 atom stereocenters. The fourth-order valence-corrected chi connectivity index (χ4v) is 3.25. The number of amides is 1. The summed E-state index contributed by atoms with van der Waals surface area (Å²) in [6, 6.07) is 20.1. The van der Waals surface area contributed by atoms with Crippen molar-refractivity contribution >= 4 is 5.91 Å². The Morgan fingerprint density at radius 1 is 0.900 bits per heavy atom. The second-order valence-corrected chi connectivity index (χ2v) is 6.40. The lowest BCUT2D eigenvalue weighted by Crippen LogP contribution is -2.24. The Labute approximate surface area is 175 Å². The molecule has 30 heavy (non-hydrogen) atoms. The van der Waals surface area contributed by atoms with E-state index < -0.39 is 0 Å². The van der Waals surface area contributed by atoms with Gasteiger partial charge < -0.3 is 19.5 Å². The summed E-state index contributed by atoms with van der Waals surface area (Å²) < 4.78 is 16.2. The van der Waals surface area contributed by atoms with E-state index in [0.717, 1.165) is 0 Å². The van der Waals surface area contributed by atoms with Gasteiger partial charge in [0.15, 0.2) is 0 Å². The van der Waals surface area contributed by atoms with Gasteiger partial charge in [0, 0.05) is 23.3 Å². The molecule has 3 rings (SSSR count). The fourth-order valence-electron chi connectivity index (χ4n) is 3.25. The highest BCUT2D eigenvalue weighted by Gasteiger charge is 2.17. The van der Waals surface area contributed by atoms with Crippen LogP contribution in [-0.2, 0) is 6.54 Å². The lowest BCUT2D eigenvalue weighted by molar-refractivity contribution is 0.0951. The van der Waals surface area contributed by atoms with Crippen LogP contribution in [0.5, 0.6) is 17.2 Å². The topological polar surface area (TPSA) is 80.6 Å². The smallest absolute Gasteiger partial charge is 0.252 e. The van der Waals surface area contributed by atoms with E-state index in [1.54, 1.807) is 57.7 Å². The van der Waals surface area contributed by atoms with Gasteiger partial charge in [0.1, 0.15) is 17.2 Å². The Balaban J connectivity index is 1.92. The number of carbonyl (C=O) groups is 1. The summed E-state index contributed by atoms with van der Waals surface area (Å²) in [7, 11) is 4.66. The van der Waals surface area contributed by atoms with Gasteiger partial charge in [0.25, 0.3) is 5.91 Å². The molecule has 0 spiro atoms. The molecule has 3 aromatic rings. The Hall–Kier alpha value is -3.98. The van der Waals surface area contributed by atoms with Crippen molar-refractivity contribution in [3.63, 3.8) is 0 Å². The second kappa shape index (κ2) is 9.48. The maximum absolute atomic E-state index is 13.0. The van der Waals surface area contributed by atoms with Crippen LogP contribution in [0.4, 0.5) is 0 Å². The maximum atomic E-state index is 13.0. The molecule has 6 heteroatoms. The molecule has 0 heterocycles. The van der Waals surface area contributed by atoms with E-state index in [4.69, 9.17) is 14.2 Å². The molecule has 0 aliphatic rings. The first kappa shape index (κ1) is 20.7. The molecule has 1 amide bonds. The SMILES string of the molecule is COc1cc(OC)c(CNC(=O)c2ccccc2-c2ccccc2C#N)c(OC)c1. The highest BCUT2D eigenvalue weighted by Crippen LogP contribution is 2.34. The zero-order valence-corrected chi connectivity index (χ0v) is 17.1. The first-order chi connectivity index (χ1) is 14.6. The zero-order valence-electron chi connectivity index (χ0n) is 17.1. The first-order valence-electron chi connectivity index (χ1n) is 9.28. The minimum atomic E-state index is -0.265. The van der Waals surface area contributed by atoms with Gasteiger partial charge in [-0.2, -0.15) is 5.26 Å². The number of ether oxygens (including phenoxy) is 3. The molecule has 6 nitrogen and oxygen atoms in total. The third kappa shape index (κ3) is 4.20. The Kier molecular flexibility index (Phi) is 6.56. The Morgan fingerprint density at radius 3 is 2.10 bits per heavy atom. The van der Waals surface area contributed by atoms with Crippen molar-refractivity contribution < 1.29 is 19.0 Å². The minimum Gasteiger partial charge on any atom is -0.496 e. The van der Waals surface area contributed by atoms with E-state index >= 15 is 0 Å². The Morgan fingerprint density at radius 2 is 1.50 bits per heavy atom. The molecule has 152 valence electrons. The highest BCUT2D eigenvalue weighted by atomic mass is 16.5. The van der Waals surface area contributed by atoms with Crippen molar-refractivity contribution in [2.24, 2.45) is 0 Å². The van der Waals surface area contributed by atoms with Crippen molar-refractivity contribution in [3.8, 4) is 34.4 Å². The number of carbonyl (C=O) groups excluding carboxylic acids is 1. The standard InChI is InChI=1S/C24H22N2O4/c1-28-17-12-22(29-2)21(23(13-17)30-3)15-26-24(27)20-11-7-6-10-19(20)18-9-5-4-8-16(18)14-25/h4-13H,15H2,1-3H3,(H,26,27). The molecule has 0 saturated carbocycles. The van der Waals surface area contributed by atoms with Gasteiger partial charge in [-0.15, -0.1) is 0 Å². The van der Waals surface area contributed by atoms with Gasteiger partial charge in [-0.1, -0.05) is 36.4 Å². The number of nitrogens with zero attached hydrogens (tertiary/aromatic N) is 1. The zero-order chi connectivity index (χ0) is 21.5. The second-order valence-electron chi connectivity index (χ2n) is 6.40. The fraction of sp³-hybridized carbons (Fsp3) is 0.167. The van der Waals surface area contributed by atoms with Gasteiger partial charge >= 0.3 is 0 Å². The lowest BCUT2D eigenvalue weighted by Gasteiger charge is -2.16. The number of rotatable bonds is 7. The van der Waals surface area contributed by atoms with E-state index in [1.165, 1.54) is 0 Å². The monoisotopic (exact) mass is 402 g/mol. The average Bonchev–Trinajstić information content (AvgIpc) is 2.81. The van der Waals surface area contributed by atoms with Crippen LogP contribution in [0.2, 0.25) is 0 Å². The summed E-state index contributed by atoms with van der Waals surface area (Å²) in [5, 5.41) is 12.4. The molecule has 0 radical (unpaired) electrons. The van der Waals surface area contributed by atoms with Crippen molar-refractivity contribution in [3.05, 3.63) is 77.4 Å². The number of hydrogen-bond donors (Lipinski definition) is 1. The summed E-state index contributed by atoms with van der Waals surface area (Å²) in [6.45, 7) is 0.198. The molecule has 0 saturated heterocycles. The minimum absolute atomic E-state index is 0.198. The van der Waals surface area contributed by atoms with E-state index in [9.17, 15) is 10.1 Å². The third-order valence-corrected chi connectivity index (χ3v) is 4.75. The Bertz CT molecular complexity index is 1080. The number of methoxy groups -OCH3 is 3. The van der Waals surface area contributed by atoms with Crippen LogP contribution in [0.1, 0.15) is 21.5 Å². The van der Waals surface area contributed by atoms with Gasteiger partial charge in [-0.3, -0.25) is 4.79 Å². The van der Waals surface area contributed by atoms with Gasteiger partial charge in [0.2, 0.25) is 0 Å². The van der Waals surface area contributed by atoms with Crippen LogP contribution < -0.4 is 19.5 Å². The quantitative estimate of drug-likeness (QED) is 0.641. The predicted molar refractivity (Wildman–Crippen MR) is 114 cm³/mol. The van der Waals surface area contributed by atoms with Crippen molar-refractivity contribution in [2.75, 3.05) is 21.3 Å². The van der Waals surface area contributed by atoms with Crippen LogP contribution in [0.3, 0.4) is 0 Å². The molecule has 0 aromatic heterocycles. The maximum Gasteiger partial charge on any atom is 0.252 e. The van der Waals surface area contributed by atoms with Crippen LogP contribution in [-0.4, -0.2) is 27.2 Å². The van der Waals surface area contributed by atoms with Crippen LogP contribution >= 0.6 is 0 Å². The van der Waals surface area contributed by atoms with Gasteiger partial charge in [-0.25, -0.2) is 0 Å². The van der Waals surface area contributed by atoms with Gasteiger partial charge in [-0.05, 0) is 17.7 Å². The molecule has 0 aliphatic heterocycles. The molecule has 0 bridgehead atoms. The summed E-state index contributed by atoms with van der Waals surface area (Å²) in [4.78, 5) is 13.0. The molecule has 0 unspecified atom stereocenters. The third-order valence-electron chi connectivity index (χ3n) is 4.75. The highest BCUT2D eigenvalue weighted by molar-refractivity contribution is 6.01. The summed E-state index contributed by atoms with van der Waals surface area (Å²) in [5.41, 5.74) is 3.10. The summed E-state index contributed by atoms with van der Waals surface area (Å²) in [6.07, 6.45) is 0. The lowest BCUT2D eigenvalue weighted by atomic mass is 9.95. The van der Waals surface area contributed by atoms with Gasteiger partial charge in [0.05, 0.1) is 45.1 Å². The van der Waals surface area contributed by atoms with Crippen LogP contribution in [0.25, 0.3) is 11.1 Å². The van der Waals surface area contributed by atoms with Crippen molar-refractivity contribution in [1.82, 2.24) is 5.32 Å². The molecule has 1 N–H and O–H groups in total. The first-order valence-corrected chi connectivity index (χ1v) is 9.28. The normalized spacial score (nSPS) is 10.1. The average molecular weight is 402 g/mol.